The molecule has 408 valence electrons. The summed E-state index contributed by atoms with van der Waals surface area (Å²) < 4.78 is 0. The number of likely N-dealkylation sites (N-methyl/N-ethyl adjacent to an activating group) is 1. The number of benzene rings is 2. The standard InChI is InChI=1S/C47H74N16O11/c1-26(2)20-34(40(48)67)61-43(70)33(9-7-19-55-47(51)52)59-42(69)32(8-6-18-54-46(49)50)60-44(71)36(21-27(3)4)62-45(72)37(23-28-10-14-30(15-11-28)63(73)74)58-39(66)25-56-38(65)24-57-41(68)35(53-5)22-29-12-16-31(64)17-13-29/h10-17,26-27,32-37,53,64H,6-9,18-25H2,1-5H3,(H2,48,67)(H,56,65)(H,57,68)(H,58,66)(H,59,69)(H,60,71)(H,61,70)(H,62,72)(H4,49,50,54)(H4,51,52,55)/t32-,33-,34-,35-,36-,37-/m0/s1. The number of nitrogens with zero attached hydrogens (tertiary/aromatic N) is 3. The molecule has 0 aliphatic rings. The molecule has 0 aliphatic heterocycles. The molecule has 0 saturated heterocycles. The van der Waals surface area contributed by atoms with Gasteiger partial charge >= 0.3 is 0 Å². The van der Waals surface area contributed by atoms with Gasteiger partial charge in [0.15, 0.2) is 11.9 Å². The van der Waals surface area contributed by atoms with E-state index in [1.165, 1.54) is 36.4 Å². The van der Waals surface area contributed by atoms with E-state index in [4.69, 9.17) is 28.7 Å². The first-order chi connectivity index (χ1) is 34.9. The van der Waals surface area contributed by atoms with Gasteiger partial charge in [-0.15, -0.1) is 0 Å². The van der Waals surface area contributed by atoms with Crippen molar-refractivity contribution < 1.29 is 48.4 Å². The van der Waals surface area contributed by atoms with Gasteiger partial charge in [0.1, 0.15) is 36.0 Å². The summed E-state index contributed by atoms with van der Waals surface area (Å²) in [6.45, 7) is 6.17. The number of hydrogen-bond donors (Lipinski definition) is 14. The topological polar surface area (TPSA) is 451 Å². The number of nitrogens with two attached hydrogens (primary N) is 5. The maximum Gasteiger partial charge on any atom is 0.269 e. The molecule has 0 aliphatic carbocycles. The largest absolute Gasteiger partial charge is 0.508 e. The van der Waals surface area contributed by atoms with Crippen LogP contribution in [0.3, 0.4) is 0 Å². The molecule has 0 unspecified atom stereocenters. The van der Waals surface area contributed by atoms with Crippen LogP contribution in [0.1, 0.15) is 77.3 Å². The highest BCUT2D eigenvalue weighted by molar-refractivity contribution is 5.97. The molecule has 0 radical (unpaired) electrons. The average molecular weight is 1040 g/mol. The fourth-order valence-electron chi connectivity index (χ4n) is 7.22. The van der Waals surface area contributed by atoms with E-state index in [2.05, 4.69) is 52.5 Å². The lowest BCUT2D eigenvalue weighted by molar-refractivity contribution is -0.384. The Hall–Kier alpha value is -8.10. The Bertz CT molecular complexity index is 2270. The van der Waals surface area contributed by atoms with Crippen LogP contribution in [0.25, 0.3) is 0 Å². The minimum atomic E-state index is -1.43. The molecule has 0 aromatic heterocycles. The lowest BCUT2D eigenvalue weighted by Crippen LogP contribution is -2.59. The number of phenolic OH excluding ortho intramolecular Hbond substituents is 1. The number of nitro benzene ring substituents is 1. The first-order valence-corrected chi connectivity index (χ1v) is 24.0. The maximum absolute atomic E-state index is 14.3. The normalized spacial score (nSPS) is 13.3. The summed E-state index contributed by atoms with van der Waals surface area (Å²) in [5.74, 6) is -6.79. The highest BCUT2D eigenvalue weighted by atomic mass is 16.6. The maximum atomic E-state index is 14.3. The number of nitro groups is 1. The van der Waals surface area contributed by atoms with E-state index in [0.717, 1.165) is 5.56 Å². The van der Waals surface area contributed by atoms with Crippen molar-refractivity contribution in [2.24, 2.45) is 50.5 Å². The van der Waals surface area contributed by atoms with Gasteiger partial charge in [-0.1, -0.05) is 52.0 Å². The van der Waals surface area contributed by atoms with E-state index in [-0.39, 0.29) is 99.6 Å². The molecule has 2 rings (SSSR count). The molecule has 0 spiro atoms. The number of guanidine groups is 2. The number of carbonyl (C=O) groups excluding carboxylic acids is 8. The first-order valence-electron chi connectivity index (χ1n) is 24.0. The van der Waals surface area contributed by atoms with Crippen LogP contribution in [0.4, 0.5) is 5.69 Å². The molecule has 0 fully saturated rings. The molecule has 8 amide bonds. The third kappa shape index (κ3) is 24.3. The van der Waals surface area contributed by atoms with Crippen molar-refractivity contribution in [2.45, 2.75) is 115 Å². The number of hydrogen-bond acceptors (Lipinski definition) is 14. The first kappa shape index (κ1) is 62.0. The number of aliphatic imine (C=N–C) groups is 2. The number of non-ortho nitro benzene ring substituents is 1. The summed E-state index contributed by atoms with van der Waals surface area (Å²) in [6, 6.07) is 4.21. The van der Waals surface area contributed by atoms with Crippen LogP contribution in [0.15, 0.2) is 58.5 Å². The van der Waals surface area contributed by atoms with Crippen LogP contribution in [-0.2, 0) is 51.2 Å². The molecule has 2 aromatic carbocycles. The molecule has 0 saturated carbocycles. The Morgan fingerprint density at radius 1 is 0.554 bits per heavy atom. The van der Waals surface area contributed by atoms with Gasteiger partial charge in [0.2, 0.25) is 47.3 Å². The average Bonchev–Trinajstić information content (AvgIpc) is 3.32. The van der Waals surface area contributed by atoms with E-state index < -0.39 is 102 Å². The highest BCUT2D eigenvalue weighted by Gasteiger charge is 2.33. The third-order valence-corrected chi connectivity index (χ3v) is 11.0. The Balaban J connectivity index is 2.37. The zero-order valence-electron chi connectivity index (χ0n) is 42.5. The fraction of sp³-hybridized carbons (Fsp3) is 0.532. The van der Waals surface area contributed by atoms with Crippen molar-refractivity contribution in [3.63, 3.8) is 0 Å². The van der Waals surface area contributed by atoms with E-state index >= 15 is 0 Å². The molecule has 27 heteroatoms. The van der Waals surface area contributed by atoms with E-state index in [1.54, 1.807) is 33.0 Å². The summed E-state index contributed by atoms with van der Waals surface area (Å²) >= 11 is 0. The second kappa shape index (κ2) is 32.1. The Morgan fingerprint density at radius 2 is 0.973 bits per heavy atom. The number of nitrogens with one attached hydrogen (secondary N) is 8. The molecule has 19 N–H and O–H groups in total. The van der Waals surface area contributed by atoms with Gasteiger partial charge in [0.25, 0.3) is 5.69 Å². The number of carbonyl (C=O) groups is 8. The van der Waals surface area contributed by atoms with Crippen LogP contribution in [-0.4, -0.2) is 139 Å². The van der Waals surface area contributed by atoms with E-state index in [9.17, 15) is 53.6 Å². The fourth-order valence-corrected chi connectivity index (χ4v) is 7.22. The summed E-state index contributed by atoms with van der Waals surface area (Å²) in [5.41, 5.74) is 28.4. The van der Waals surface area contributed by atoms with Gasteiger partial charge in [0.05, 0.1) is 24.1 Å². The predicted molar refractivity (Wildman–Crippen MR) is 275 cm³/mol. The summed E-state index contributed by atoms with van der Waals surface area (Å²) in [4.78, 5) is 126. The molecule has 2 aromatic rings. The SMILES string of the molecule is CN[C@@H](Cc1ccc(O)cc1)C(=O)NCC(=O)NCC(=O)N[C@@H](Cc1ccc([N+](=O)[O-])cc1)C(=O)N[C@@H](CC(C)C)C(=O)N[C@@H](CCCN=C(N)N)C(=O)N[C@@H](CCCN=C(N)N)C(=O)N[C@@H](CC(C)C)C(N)=O. The number of amides is 8. The van der Waals surface area contributed by atoms with Crippen LogP contribution >= 0.6 is 0 Å². The quantitative estimate of drug-likeness (QED) is 0.0111. The second-order valence-electron chi connectivity index (χ2n) is 18.3. The third-order valence-electron chi connectivity index (χ3n) is 11.0. The van der Waals surface area contributed by atoms with Gasteiger partial charge in [0, 0.05) is 31.6 Å². The van der Waals surface area contributed by atoms with Crippen LogP contribution in [0.5, 0.6) is 5.75 Å². The van der Waals surface area contributed by atoms with Crippen molar-refractivity contribution in [3.05, 3.63) is 69.8 Å². The summed E-state index contributed by atoms with van der Waals surface area (Å²) in [5, 5.41) is 41.8. The van der Waals surface area contributed by atoms with Gasteiger partial charge in [-0.05, 0) is 87.1 Å². The second-order valence-corrected chi connectivity index (χ2v) is 18.3. The van der Waals surface area contributed by atoms with Gasteiger partial charge in [-0.3, -0.25) is 58.5 Å². The number of phenols is 1. The summed E-state index contributed by atoms with van der Waals surface area (Å²) in [7, 11) is 1.56. The Labute approximate surface area is 429 Å². The van der Waals surface area contributed by atoms with Gasteiger partial charge < -0.3 is 76.3 Å². The zero-order valence-corrected chi connectivity index (χ0v) is 42.5. The van der Waals surface area contributed by atoms with Crippen LogP contribution < -0.4 is 71.2 Å². The Kier molecular flexibility index (Phi) is 26.9. The molecule has 27 nitrogen and oxygen atoms in total. The zero-order chi connectivity index (χ0) is 55.5. The van der Waals surface area contributed by atoms with Crippen LogP contribution in [0, 0.1) is 22.0 Å². The summed E-state index contributed by atoms with van der Waals surface area (Å²) in [6.07, 6.45) is 0.508. The minimum Gasteiger partial charge on any atom is -0.508 e. The lowest BCUT2D eigenvalue weighted by Gasteiger charge is -2.28. The highest BCUT2D eigenvalue weighted by Crippen LogP contribution is 2.15. The number of aromatic hydroxyl groups is 1. The number of primary amides is 1. The minimum absolute atomic E-state index is 0.00949. The van der Waals surface area contributed by atoms with Crippen molar-refractivity contribution in [3.8, 4) is 5.75 Å². The van der Waals surface area contributed by atoms with Crippen LogP contribution in [0.2, 0.25) is 0 Å². The molecule has 0 bridgehead atoms. The van der Waals surface area contributed by atoms with Gasteiger partial charge in [-0.2, -0.15) is 0 Å². The van der Waals surface area contributed by atoms with Crippen molar-refractivity contribution >= 4 is 64.9 Å². The Morgan fingerprint density at radius 3 is 1.43 bits per heavy atom. The predicted octanol–water partition coefficient (Wildman–Crippen LogP) is -2.99. The molecular weight excluding hydrogens is 965 g/mol. The lowest BCUT2D eigenvalue weighted by atomic mass is 10.00. The monoisotopic (exact) mass is 1040 g/mol. The smallest absolute Gasteiger partial charge is 0.269 e. The van der Waals surface area contributed by atoms with E-state index in [1.807, 2.05) is 13.8 Å². The molecule has 6 atom stereocenters. The van der Waals surface area contributed by atoms with E-state index in [0.29, 0.717) is 5.56 Å². The molecular formula is C47H74N16O11. The number of rotatable bonds is 33. The molecule has 74 heavy (non-hydrogen) atoms. The van der Waals surface area contributed by atoms with Crippen molar-refractivity contribution in [2.75, 3.05) is 33.2 Å². The molecule has 0 heterocycles. The van der Waals surface area contributed by atoms with Crippen molar-refractivity contribution in [1.82, 2.24) is 42.5 Å². The van der Waals surface area contributed by atoms with Crippen molar-refractivity contribution in [1.29, 1.82) is 0 Å². The van der Waals surface area contributed by atoms with Gasteiger partial charge in [-0.25, -0.2) is 0 Å².